The number of aromatic nitrogens is 2. The molecule has 1 saturated carbocycles. The van der Waals surface area contributed by atoms with Gasteiger partial charge >= 0.3 is 6.01 Å². The van der Waals surface area contributed by atoms with E-state index in [0.29, 0.717) is 17.8 Å². The molecule has 0 atom stereocenters. The third kappa shape index (κ3) is 3.77. The number of nitrogens with zero attached hydrogens (tertiary/aromatic N) is 2. The fraction of sp³-hybridized carbons (Fsp3) is 0.286. The van der Waals surface area contributed by atoms with Crippen LogP contribution in [0.25, 0.3) is 0 Å². The van der Waals surface area contributed by atoms with E-state index in [9.17, 15) is 0 Å². The molecule has 1 fully saturated rings. The van der Waals surface area contributed by atoms with Gasteiger partial charge in [-0.2, -0.15) is 0 Å². The highest BCUT2D eigenvalue weighted by Crippen LogP contribution is 2.30. The van der Waals surface area contributed by atoms with E-state index >= 15 is 0 Å². The highest BCUT2D eigenvalue weighted by molar-refractivity contribution is 9.11. The van der Waals surface area contributed by atoms with Crippen molar-refractivity contribution in [1.82, 2.24) is 15.3 Å². The molecule has 104 valence electrons. The Kier molecular flexibility index (Phi) is 4.33. The van der Waals surface area contributed by atoms with Crippen LogP contribution in [0.4, 0.5) is 0 Å². The summed E-state index contributed by atoms with van der Waals surface area (Å²) >= 11 is 6.85. The molecule has 0 bridgehead atoms. The van der Waals surface area contributed by atoms with Gasteiger partial charge in [-0.3, -0.25) is 0 Å². The molecule has 1 aromatic carbocycles. The Balaban J connectivity index is 1.64. The summed E-state index contributed by atoms with van der Waals surface area (Å²) in [5, 5.41) is 3.42. The van der Waals surface area contributed by atoms with Crippen LogP contribution < -0.4 is 10.1 Å². The van der Waals surface area contributed by atoms with Gasteiger partial charge < -0.3 is 10.1 Å². The summed E-state index contributed by atoms with van der Waals surface area (Å²) in [5.41, 5.74) is 1.07. The van der Waals surface area contributed by atoms with Gasteiger partial charge in [-0.25, -0.2) is 9.97 Å². The third-order valence-electron chi connectivity index (χ3n) is 2.95. The van der Waals surface area contributed by atoms with Crippen molar-refractivity contribution in [3.63, 3.8) is 0 Å². The van der Waals surface area contributed by atoms with Crippen LogP contribution in [0.1, 0.15) is 18.4 Å². The first-order valence-corrected chi connectivity index (χ1v) is 7.96. The van der Waals surface area contributed by atoms with Crippen molar-refractivity contribution < 1.29 is 4.74 Å². The van der Waals surface area contributed by atoms with E-state index < -0.39 is 0 Å². The van der Waals surface area contributed by atoms with Gasteiger partial charge in [0, 0.05) is 35.0 Å². The number of hydrogen-bond donors (Lipinski definition) is 1. The summed E-state index contributed by atoms with van der Waals surface area (Å²) in [5.74, 6) is 0.692. The first-order valence-electron chi connectivity index (χ1n) is 6.38. The average Bonchev–Trinajstić information content (AvgIpc) is 3.25. The van der Waals surface area contributed by atoms with Gasteiger partial charge in [-0.05, 0) is 47.0 Å². The average molecular weight is 399 g/mol. The number of hydrogen-bond acceptors (Lipinski definition) is 4. The lowest BCUT2D eigenvalue weighted by molar-refractivity contribution is 0.438. The van der Waals surface area contributed by atoms with Crippen LogP contribution in [0.3, 0.4) is 0 Å². The fourth-order valence-corrected chi connectivity index (χ4v) is 2.82. The summed E-state index contributed by atoms with van der Waals surface area (Å²) in [6, 6.07) is 6.73. The molecular formula is C14H13Br2N3O. The molecule has 1 N–H and O–H groups in total. The topological polar surface area (TPSA) is 47.0 Å². The predicted molar refractivity (Wildman–Crippen MR) is 83.8 cm³/mol. The normalized spacial score (nSPS) is 14.3. The summed E-state index contributed by atoms with van der Waals surface area (Å²) in [7, 11) is 0. The van der Waals surface area contributed by atoms with Crippen LogP contribution in [-0.4, -0.2) is 16.0 Å². The van der Waals surface area contributed by atoms with Gasteiger partial charge in [0.05, 0.1) is 4.47 Å². The largest absolute Gasteiger partial charge is 0.423 e. The molecular weight excluding hydrogens is 386 g/mol. The summed E-state index contributed by atoms with van der Waals surface area (Å²) < 4.78 is 7.49. The Labute approximate surface area is 134 Å². The summed E-state index contributed by atoms with van der Waals surface area (Å²) in [6.45, 7) is 0.812. The zero-order valence-electron chi connectivity index (χ0n) is 10.6. The minimum absolute atomic E-state index is 0.350. The lowest BCUT2D eigenvalue weighted by atomic mass is 10.3. The maximum atomic E-state index is 5.65. The molecule has 6 heteroatoms. The number of nitrogens with one attached hydrogen (secondary N) is 1. The van der Waals surface area contributed by atoms with E-state index in [-0.39, 0.29) is 0 Å². The molecule has 20 heavy (non-hydrogen) atoms. The lowest BCUT2D eigenvalue weighted by Gasteiger charge is -2.07. The van der Waals surface area contributed by atoms with E-state index in [0.717, 1.165) is 21.1 Å². The highest BCUT2D eigenvalue weighted by Gasteiger charge is 2.20. The summed E-state index contributed by atoms with van der Waals surface area (Å²) in [6.07, 6.45) is 6.15. The van der Waals surface area contributed by atoms with Crippen molar-refractivity contribution in [2.75, 3.05) is 0 Å². The van der Waals surface area contributed by atoms with Gasteiger partial charge in [0.25, 0.3) is 0 Å². The monoisotopic (exact) mass is 397 g/mol. The molecule has 1 aliphatic rings. The van der Waals surface area contributed by atoms with Gasteiger partial charge in [0.1, 0.15) is 5.75 Å². The zero-order valence-corrected chi connectivity index (χ0v) is 13.8. The Morgan fingerprint density at radius 3 is 2.60 bits per heavy atom. The minimum Gasteiger partial charge on any atom is -0.423 e. The smallest absolute Gasteiger partial charge is 0.321 e. The number of ether oxygens (including phenoxy) is 1. The molecule has 3 rings (SSSR count). The van der Waals surface area contributed by atoms with E-state index in [1.807, 2.05) is 18.2 Å². The number of benzene rings is 1. The maximum absolute atomic E-state index is 5.65. The van der Waals surface area contributed by atoms with Gasteiger partial charge in [-0.1, -0.05) is 15.9 Å². The van der Waals surface area contributed by atoms with E-state index in [1.54, 1.807) is 12.4 Å². The van der Waals surface area contributed by atoms with Crippen LogP contribution in [0.5, 0.6) is 11.8 Å². The second kappa shape index (κ2) is 6.20. The Bertz CT molecular complexity index is 600. The van der Waals surface area contributed by atoms with Gasteiger partial charge in [0.15, 0.2) is 0 Å². The van der Waals surface area contributed by atoms with Crippen LogP contribution in [0, 0.1) is 0 Å². The Morgan fingerprint density at radius 1 is 1.20 bits per heavy atom. The minimum atomic E-state index is 0.350. The second-order valence-corrected chi connectivity index (χ2v) is 6.48. The van der Waals surface area contributed by atoms with Crippen molar-refractivity contribution in [1.29, 1.82) is 0 Å². The Morgan fingerprint density at radius 2 is 1.95 bits per heavy atom. The maximum Gasteiger partial charge on any atom is 0.321 e. The van der Waals surface area contributed by atoms with Crippen molar-refractivity contribution >= 4 is 31.9 Å². The highest BCUT2D eigenvalue weighted by atomic mass is 79.9. The molecule has 4 nitrogen and oxygen atoms in total. The molecule has 1 aromatic heterocycles. The molecule has 0 spiro atoms. The quantitative estimate of drug-likeness (QED) is 0.825. The molecule has 2 aromatic rings. The zero-order chi connectivity index (χ0) is 13.9. The molecule has 1 aliphatic carbocycles. The molecule has 1 heterocycles. The van der Waals surface area contributed by atoms with Crippen molar-refractivity contribution in [3.8, 4) is 11.8 Å². The molecule has 0 radical (unpaired) electrons. The van der Waals surface area contributed by atoms with Gasteiger partial charge in [-0.15, -0.1) is 0 Å². The molecule has 0 saturated heterocycles. The van der Waals surface area contributed by atoms with Crippen LogP contribution in [0.15, 0.2) is 39.5 Å². The van der Waals surface area contributed by atoms with Crippen molar-refractivity contribution in [2.45, 2.75) is 25.4 Å². The third-order valence-corrected chi connectivity index (χ3v) is 4.06. The van der Waals surface area contributed by atoms with E-state index in [2.05, 4.69) is 47.1 Å². The van der Waals surface area contributed by atoms with Crippen molar-refractivity contribution in [2.24, 2.45) is 0 Å². The molecule has 0 amide bonds. The molecule has 0 aliphatic heterocycles. The van der Waals surface area contributed by atoms with E-state index in [4.69, 9.17) is 4.74 Å². The number of halogens is 2. The predicted octanol–water partition coefficient (Wildman–Crippen LogP) is 4.05. The lowest BCUT2D eigenvalue weighted by Crippen LogP contribution is -2.15. The fourth-order valence-electron chi connectivity index (χ4n) is 1.69. The SMILES string of the molecule is Brc1ccc(Oc2ncc(CNC3CC3)cn2)c(Br)c1. The number of rotatable bonds is 5. The first-order chi connectivity index (χ1) is 9.70. The van der Waals surface area contributed by atoms with Crippen LogP contribution >= 0.6 is 31.9 Å². The van der Waals surface area contributed by atoms with Gasteiger partial charge in [0.2, 0.25) is 0 Å². The summed E-state index contributed by atoms with van der Waals surface area (Å²) in [4.78, 5) is 8.46. The van der Waals surface area contributed by atoms with Crippen molar-refractivity contribution in [3.05, 3.63) is 45.1 Å². The molecule has 0 unspecified atom stereocenters. The van der Waals surface area contributed by atoms with Crippen LogP contribution in [-0.2, 0) is 6.54 Å². The first kappa shape index (κ1) is 14.0. The van der Waals surface area contributed by atoms with E-state index in [1.165, 1.54) is 12.8 Å². The standard InChI is InChI=1S/C14H13Br2N3O/c15-10-1-4-13(12(16)5-10)20-14-18-7-9(8-19-14)6-17-11-2-3-11/h1,4-5,7-8,11,17H,2-3,6H2. The van der Waals surface area contributed by atoms with Crippen LogP contribution in [0.2, 0.25) is 0 Å². The second-order valence-electron chi connectivity index (χ2n) is 4.71. The Hall–Kier alpha value is -0.980.